The van der Waals surface area contributed by atoms with Crippen molar-refractivity contribution in [1.29, 1.82) is 0 Å². The minimum atomic E-state index is -0.372. The molecular weight excluding hydrogens is 452 g/mol. The number of hydrogen-bond acceptors (Lipinski definition) is 4. The van der Waals surface area contributed by atoms with E-state index in [0.29, 0.717) is 23.3 Å². The Kier molecular flexibility index (Phi) is 5.32. The van der Waals surface area contributed by atoms with Crippen molar-refractivity contribution in [2.45, 2.75) is 39.0 Å². The predicted octanol–water partition coefficient (Wildman–Crippen LogP) is 5.16. The molecule has 4 aliphatic carbocycles. The molecule has 2 saturated carbocycles. The van der Waals surface area contributed by atoms with Gasteiger partial charge in [0.05, 0.1) is 11.8 Å². The zero-order valence-electron chi connectivity index (χ0n) is 20.9. The normalized spacial score (nSPS) is 29.7. The zero-order chi connectivity index (χ0) is 25.2. The van der Waals surface area contributed by atoms with E-state index >= 15 is 0 Å². The molecule has 2 aromatic rings. The van der Waals surface area contributed by atoms with Crippen molar-refractivity contribution in [1.82, 2.24) is 4.90 Å². The Hall–Kier alpha value is -3.41. The van der Waals surface area contributed by atoms with Crippen LogP contribution in [-0.4, -0.2) is 29.2 Å². The first-order valence-corrected chi connectivity index (χ1v) is 13.0. The van der Waals surface area contributed by atoms with Gasteiger partial charge >= 0.3 is 0 Å². The molecule has 2 aromatic carbocycles. The van der Waals surface area contributed by atoms with Gasteiger partial charge in [0.1, 0.15) is 18.0 Å². The number of ether oxygens (including phenoxy) is 1. The first-order chi connectivity index (χ1) is 17.3. The quantitative estimate of drug-likeness (QED) is 0.435. The van der Waals surface area contributed by atoms with E-state index in [0.717, 1.165) is 18.6 Å². The van der Waals surface area contributed by atoms with E-state index in [1.807, 2.05) is 12.1 Å². The molecule has 36 heavy (non-hydrogen) atoms. The second kappa shape index (κ2) is 8.32. The van der Waals surface area contributed by atoms with Crippen LogP contribution < -0.4 is 10.1 Å². The third-order valence-electron chi connectivity index (χ3n) is 8.95. The summed E-state index contributed by atoms with van der Waals surface area (Å²) in [7, 11) is 0. The molecule has 3 fully saturated rings. The Balaban J connectivity index is 1.06. The van der Waals surface area contributed by atoms with Gasteiger partial charge in [-0.2, -0.15) is 0 Å². The molecule has 6 atom stereocenters. The van der Waals surface area contributed by atoms with Crippen LogP contribution in [0, 0.1) is 35.5 Å². The van der Waals surface area contributed by atoms with Crippen LogP contribution in [0.5, 0.6) is 11.5 Å². The third-order valence-corrected chi connectivity index (χ3v) is 8.95. The summed E-state index contributed by atoms with van der Waals surface area (Å²) in [6, 6.07) is 15.2. The molecule has 5 aliphatic rings. The van der Waals surface area contributed by atoms with Crippen LogP contribution >= 0.6 is 0 Å². The number of nitrogens with one attached hydrogen (secondary N) is 1. The van der Waals surface area contributed by atoms with E-state index in [9.17, 15) is 14.4 Å². The fraction of sp³-hybridized carbons (Fsp3) is 0.433. The monoisotopic (exact) mass is 484 g/mol. The van der Waals surface area contributed by atoms with E-state index in [-0.39, 0.29) is 53.4 Å². The Bertz CT molecular complexity index is 1210. The van der Waals surface area contributed by atoms with E-state index < -0.39 is 0 Å². The molecule has 0 unspecified atom stereocenters. The number of allylic oxidation sites excluding steroid dienone is 2. The summed E-state index contributed by atoms with van der Waals surface area (Å²) >= 11 is 0. The predicted molar refractivity (Wildman–Crippen MR) is 136 cm³/mol. The maximum absolute atomic E-state index is 13.1. The fourth-order valence-electron chi connectivity index (χ4n) is 6.44. The van der Waals surface area contributed by atoms with Crippen molar-refractivity contribution in [2.75, 3.05) is 11.9 Å². The first kappa shape index (κ1) is 23.0. The Morgan fingerprint density at radius 1 is 0.917 bits per heavy atom. The van der Waals surface area contributed by atoms with Gasteiger partial charge in [-0.1, -0.05) is 45.1 Å². The number of rotatable bonds is 7. The molecule has 1 N–H and O–H groups in total. The van der Waals surface area contributed by atoms with Crippen molar-refractivity contribution in [3.05, 3.63) is 66.2 Å². The molecule has 0 spiro atoms. The number of carbonyl (C=O) groups is 3. The van der Waals surface area contributed by atoms with Gasteiger partial charge in [-0.15, -0.1) is 0 Å². The number of benzene rings is 2. The highest BCUT2D eigenvalue weighted by molar-refractivity contribution is 6.09. The lowest BCUT2D eigenvalue weighted by Gasteiger charge is -2.37. The second-order valence-electron chi connectivity index (χ2n) is 11.4. The van der Waals surface area contributed by atoms with Crippen LogP contribution in [0.15, 0.2) is 60.7 Å². The van der Waals surface area contributed by atoms with Gasteiger partial charge in [0.2, 0.25) is 17.7 Å². The van der Waals surface area contributed by atoms with Gasteiger partial charge in [0, 0.05) is 5.69 Å². The lowest BCUT2D eigenvalue weighted by Crippen LogP contribution is -2.40. The largest absolute Gasteiger partial charge is 0.457 e. The maximum Gasteiger partial charge on any atom is 0.244 e. The number of nitrogens with zero attached hydrogens (tertiary/aromatic N) is 1. The molecule has 6 nitrogen and oxygen atoms in total. The summed E-state index contributed by atoms with van der Waals surface area (Å²) in [6.45, 7) is 6.39. The average Bonchev–Trinajstić information content (AvgIpc) is 3.66. The van der Waals surface area contributed by atoms with Gasteiger partial charge in [0.25, 0.3) is 0 Å². The molecule has 3 amide bonds. The van der Waals surface area contributed by atoms with Crippen LogP contribution in [0.25, 0.3) is 0 Å². The molecule has 1 saturated heterocycles. The van der Waals surface area contributed by atoms with E-state index in [1.54, 1.807) is 24.3 Å². The minimum Gasteiger partial charge on any atom is -0.457 e. The first-order valence-electron chi connectivity index (χ1n) is 13.0. The molecule has 6 heteroatoms. The minimum absolute atomic E-state index is 0.123. The van der Waals surface area contributed by atoms with E-state index in [1.165, 1.54) is 10.5 Å². The van der Waals surface area contributed by atoms with Crippen LogP contribution in [-0.2, 0) is 19.8 Å². The van der Waals surface area contributed by atoms with Crippen molar-refractivity contribution in [3.63, 3.8) is 0 Å². The summed E-state index contributed by atoms with van der Waals surface area (Å²) < 4.78 is 5.95. The SMILES string of the molecule is CCC(C)(C)c1ccc(Oc2ccc(NC(=O)CN3C(=O)[C@@H]4[C@H]5C=C[C@@H]([C@@H]6C[C@@H]56)[C@H]4C3=O)cc2)cc1. The van der Waals surface area contributed by atoms with E-state index in [4.69, 9.17) is 4.74 Å². The van der Waals surface area contributed by atoms with Gasteiger partial charge in [0.15, 0.2) is 0 Å². The lowest BCUT2D eigenvalue weighted by molar-refractivity contribution is -0.142. The van der Waals surface area contributed by atoms with Crippen molar-refractivity contribution < 1.29 is 19.1 Å². The molecule has 1 aliphatic heterocycles. The van der Waals surface area contributed by atoms with Gasteiger partial charge in [-0.05, 0) is 83.9 Å². The third kappa shape index (κ3) is 3.74. The summed E-state index contributed by atoms with van der Waals surface area (Å²) in [5.41, 5.74) is 1.98. The Labute approximate surface area is 211 Å². The number of imide groups is 1. The van der Waals surface area contributed by atoms with Crippen LogP contribution in [0.3, 0.4) is 0 Å². The molecule has 7 rings (SSSR count). The molecule has 0 aromatic heterocycles. The van der Waals surface area contributed by atoms with Crippen molar-refractivity contribution in [2.24, 2.45) is 35.5 Å². The Morgan fingerprint density at radius 3 is 1.97 bits per heavy atom. The standard InChI is InChI=1S/C30H32N2O4/c1-4-30(2,3)17-5-9-19(10-6-17)36-20-11-7-18(8-12-20)31-25(33)16-32-28(34)26-21-13-14-22(24-15-23(21)24)27(26)29(32)35/h5-14,21-24,26-27H,4,15-16H2,1-3H3,(H,31,33)/t21-,22-,23-,24-,26+,27+/m0/s1. The molecule has 186 valence electrons. The number of anilines is 1. The summed E-state index contributed by atoms with van der Waals surface area (Å²) in [5, 5.41) is 2.81. The lowest BCUT2D eigenvalue weighted by atomic mass is 9.63. The number of likely N-dealkylation sites (tertiary alicyclic amines) is 1. The summed E-state index contributed by atoms with van der Waals surface area (Å²) in [5.74, 6) is 1.55. The molecule has 2 bridgehead atoms. The number of hydrogen-bond donors (Lipinski definition) is 1. The fourth-order valence-corrected chi connectivity index (χ4v) is 6.44. The number of carbonyl (C=O) groups excluding carboxylic acids is 3. The zero-order valence-corrected chi connectivity index (χ0v) is 20.9. The summed E-state index contributed by atoms with van der Waals surface area (Å²) in [4.78, 5) is 40.1. The number of amides is 3. The van der Waals surface area contributed by atoms with Crippen molar-refractivity contribution in [3.8, 4) is 11.5 Å². The Morgan fingerprint density at radius 2 is 1.44 bits per heavy atom. The second-order valence-corrected chi connectivity index (χ2v) is 11.4. The smallest absolute Gasteiger partial charge is 0.244 e. The molecule has 0 radical (unpaired) electrons. The topological polar surface area (TPSA) is 75.7 Å². The van der Waals surface area contributed by atoms with Gasteiger partial charge < -0.3 is 10.1 Å². The molecular formula is C30H32N2O4. The van der Waals surface area contributed by atoms with Crippen LogP contribution in [0.2, 0.25) is 0 Å². The summed E-state index contributed by atoms with van der Waals surface area (Å²) in [6.07, 6.45) is 6.46. The van der Waals surface area contributed by atoms with E-state index in [2.05, 4.69) is 50.4 Å². The van der Waals surface area contributed by atoms with Crippen molar-refractivity contribution >= 4 is 23.4 Å². The highest BCUT2D eigenvalue weighted by Gasteiger charge is 2.67. The highest BCUT2D eigenvalue weighted by Crippen LogP contribution is 2.65. The average molecular weight is 485 g/mol. The van der Waals surface area contributed by atoms with Crippen LogP contribution in [0.4, 0.5) is 5.69 Å². The maximum atomic E-state index is 13.1. The van der Waals surface area contributed by atoms with Crippen LogP contribution in [0.1, 0.15) is 39.2 Å². The van der Waals surface area contributed by atoms with Gasteiger partial charge in [-0.3, -0.25) is 19.3 Å². The highest BCUT2D eigenvalue weighted by atomic mass is 16.5. The van der Waals surface area contributed by atoms with Gasteiger partial charge in [-0.25, -0.2) is 0 Å². The molecule has 1 heterocycles.